The van der Waals surface area contributed by atoms with Crippen LogP contribution in [-0.2, 0) is 13.0 Å². The summed E-state index contributed by atoms with van der Waals surface area (Å²) < 4.78 is 14.7. The maximum Gasteiger partial charge on any atom is 0.251 e. The molecule has 3 heterocycles. The minimum absolute atomic E-state index is 0.174. The van der Waals surface area contributed by atoms with Crippen molar-refractivity contribution in [1.29, 1.82) is 0 Å². The van der Waals surface area contributed by atoms with Gasteiger partial charge in [-0.2, -0.15) is 0 Å². The van der Waals surface area contributed by atoms with Gasteiger partial charge in [0, 0.05) is 56.2 Å². The fourth-order valence-electron chi connectivity index (χ4n) is 3.88. The number of piperazine rings is 1. The Bertz CT molecular complexity index is 1110. The lowest BCUT2D eigenvalue weighted by Gasteiger charge is -2.35. The van der Waals surface area contributed by atoms with Crippen molar-refractivity contribution >= 4 is 11.5 Å². The fraction of sp³-hybridized carbons (Fsp3) is 0.375. The van der Waals surface area contributed by atoms with Gasteiger partial charge in [0.1, 0.15) is 17.5 Å². The van der Waals surface area contributed by atoms with Gasteiger partial charge in [-0.15, -0.1) is 0 Å². The van der Waals surface area contributed by atoms with E-state index in [9.17, 15) is 9.18 Å². The van der Waals surface area contributed by atoms with Gasteiger partial charge in [0.2, 0.25) is 0 Å². The first-order valence-corrected chi connectivity index (χ1v) is 11.1. The number of nitrogens with zero attached hydrogens (tertiary/aromatic N) is 4. The smallest absolute Gasteiger partial charge is 0.251 e. The van der Waals surface area contributed by atoms with E-state index in [2.05, 4.69) is 37.0 Å². The Morgan fingerprint density at radius 2 is 1.91 bits per heavy atom. The Kier molecular flexibility index (Phi) is 6.80. The Balaban J connectivity index is 1.38. The molecule has 3 aromatic rings. The van der Waals surface area contributed by atoms with Gasteiger partial charge in [0.05, 0.1) is 5.69 Å². The predicted octanol–water partition coefficient (Wildman–Crippen LogP) is 3.29. The van der Waals surface area contributed by atoms with E-state index < -0.39 is 0 Å². The largest absolute Gasteiger partial charge is 0.367 e. The van der Waals surface area contributed by atoms with Gasteiger partial charge in [-0.1, -0.05) is 19.9 Å². The van der Waals surface area contributed by atoms with Gasteiger partial charge in [-0.05, 0) is 42.8 Å². The molecule has 1 fully saturated rings. The molecule has 0 aliphatic carbocycles. The molecule has 168 valence electrons. The van der Waals surface area contributed by atoms with E-state index in [1.807, 2.05) is 31.2 Å². The van der Waals surface area contributed by atoms with Crippen LogP contribution in [0.2, 0.25) is 0 Å². The zero-order valence-corrected chi connectivity index (χ0v) is 18.6. The highest BCUT2D eigenvalue weighted by atomic mass is 19.1. The molecule has 1 aromatic carbocycles. The Morgan fingerprint density at radius 3 is 2.56 bits per heavy atom. The summed E-state index contributed by atoms with van der Waals surface area (Å²) in [5, 5.41) is 3.22. The summed E-state index contributed by atoms with van der Waals surface area (Å²) in [5.74, 6) is 0.983. The number of aromatic amines is 1. The van der Waals surface area contributed by atoms with Crippen LogP contribution in [0.1, 0.15) is 25.1 Å². The van der Waals surface area contributed by atoms with E-state index in [0.29, 0.717) is 30.3 Å². The maximum absolute atomic E-state index is 14.7. The average Bonchev–Trinajstić information content (AvgIpc) is 2.83. The molecule has 4 rings (SSSR count). The number of benzene rings is 1. The maximum atomic E-state index is 14.7. The van der Waals surface area contributed by atoms with Crippen molar-refractivity contribution < 1.29 is 4.39 Å². The third kappa shape index (κ3) is 5.13. The number of halogens is 1. The Labute approximate surface area is 187 Å². The standard InChI is InChI=1S/C24H29FN6O/c1-3-19-14-23(32)29-24(28-19)18-6-8-22(27-16-18)26-15-17-5-7-21(20(25)13-17)31-11-9-30(4-2)10-12-31/h5-8,13-14,16H,3-4,9-12,15H2,1-2H3,(H,26,27)(H,28,29,32). The zero-order valence-electron chi connectivity index (χ0n) is 18.6. The Morgan fingerprint density at radius 1 is 1.09 bits per heavy atom. The van der Waals surface area contributed by atoms with E-state index in [0.717, 1.165) is 49.5 Å². The second-order valence-corrected chi connectivity index (χ2v) is 7.93. The summed E-state index contributed by atoms with van der Waals surface area (Å²) in [6.45, 7) is 9.24. The molecule has 0 saturated carbocycles. The summed E-state index contributed by atoms with van der Waals surface area (Å²) >= 11 is 0. The van der Waals surface area contributed by atoms with E-state index in [1.165, 1.54) is 6.07 Å². The number of pyridine rings is 1. The van der Waals surface area contributed by atoms with E-state index in [1.54, 1.807) is 12.3 Å². The SMILES string of the molecule is CCc1cc(=O)[nH]c(-c2ccc(NCc3ccc(N4CCN(CC)CC4)c(F)c3)nc2)n1. The van der Waals surface area contributed by atoms with Crippen LogP contribution in [-0.4, -0.2) is 52.6 Å². The van der Waals surface area contributed by atoms with E-state index in [4.69, 9.17) is 0 Å². The lowest BCUT2D eigenvalue weighted by atomic mass is 10.1. The summed E-state index contributed by atoms with van der Waals surface area (Å²) in [7, 11) is 0. The number of rotatable bonds is 7. The molecule has 0 atom stereocenters. The number of hydrogen-bond acceptors (Lipinski definition) is 6. The molecule has 2 aromatic heterocycles. The topological polar surface area (TPSA) is 77.2 Å². The number of likely N-dealkylation sites (N-methyl/N-ethyl adjacent to an activating group) is 1. The van der Waals surface area contributed by atoms with Gasteiger partial charge >= 0.3 is 0 Å². The molecule has 1 aliphatic rings. The fourth-order valence-corrected chi connectivity index (χ4v) is 3.88. The molecule has 1 aliphatic heterocycles. The third-order valence-electron chi connectivity index (χ3n) is 5.84. The van der Waals surface area contributed by atoms with Crippen molar-refractivity contribution in [2.75, 3.05) is 42.9 Å². The molecule has 1 saturated heterocycles. The van der Waals surface area contributed by atoms with Crippen LogP contribution >= 0.6 is 0 Å². The number of nitrogens with one attached hydrogen (secondary N) is 2. The lowest BCUT2D eigenvalue weighted by molar-refractivity contribution is 0.270. The van der Waals surface area contributed by atoms with Crippen molar-refractivity contribution in [1.82, 2.24) is 19.9 Å². The van der Waals surface area contributed by atoms with E-state index >= 15 is 0 Å². The summed E-state index contributed by atoms with van der Waals surface area (Å²) in [4.78, 5) is 27.9. The van der Waals surface area contributed by atoms with Crippen molar-refractivity contribution in [3.8, 4) is 11.4 Å². The first-order valence-electron chi connectivity index (χ1n) is 11.1. The normalized spacial score (nSPS) is 14.5. The van der Waals surface area contributed by atoms with Crippen LogP contribution in [0.15, 0.2) is 47.4 Å². The van der Waals surface area contributed by atoms with Crippen LogP contribution in [0.25, 0.3) is 11.4 Å². The number of anilines is 2. The molecule has 8 heteroatoms. The summed E-state index contributed by atoms with van der Waals surface area (Å²) in [5.41, 5.74) is 2.82. The number of aryl methyl sites for hydroxylation is 1. The monoisotopic (exact) mass is 436 g/mol. The van der Waals surface area contributed by atoms with Crippen LogP contribution in [0.4, 0.5) is 15.9 Å². The van der Waals surface area contributed by atoms with Crippen molar-refractivity contribution in [3.05, 3.63) is 70.0 Å². The minimum Gasteiger partial charge on any atom is -0.367 e. The molecule has 0 radical (unpaired) electrons. The molecule has 2 N–H and O–H groups in total. The van der Waals surface area contributed by atoms with E-state index in [-0.39, 0.29) is 11.4 Å². The number of H-pyrrole nitrogens is 1. The van der Waals surface area contributed by atoms with Gasteiger partial charge in [0.15, 0.2) is 0 Å². The second kappa shape index (κ2) is 9.91. The molecule has 32 heavy (non-hydrogen) atoms. The highest BCUT2D eigenvalue weighted by Crippen LogP contribution is 2.23. The zero-order chi connectivity index (χ0) is 22.5. The van der Waals surface area contributed by atoms with Gasteiger partial charge < -0.3 is 20.1 Å². The first-order chi connectivity index (χ1) is 15.6. The molecule has 0 unspecified atom stereocenters. The molecule has 7 nitrogen and oxygen atoms in total. The van der Waals surface area contributed by atoms with Gasteiger partial charge in [-0.3, -0.25) is 4.79 Å². The van der Waals surface area contributed by atoms with Crippen molar-refractivity contribution in [2.24, 2.45) is 0 Å². The number of hydrogen-bond donors (Lipinski definition) is 2. The van der Waals surface area contributed by atoms with Crippen molar-refractivity contribution in [3.63, 3.8) is 0 Å². The summed E-state index contributed by atoms with van der Waals surface area (Å²) in [6, 6.07) is 10.6. The molecular weight excluding hydrogens is 407 g/mol. The van der Waals surface area contributed by atoms with Crippen LogP contribution in [0.3, 0.4) is 0 Å². The molecular formula is C24H29FN6O. The first kappa shape index (κ1) is 22.0. The number of aromatic nitrogens is 3. The van der Waals surface area contributed by atoms with Crippen LogP contribution < -0.4 is 15.8 Å². The minimum atomic E-state index is -0.191. The highest BCUT2D eigenvalue weighted by molar-refractivity contribution is 5.56. The quantitative estimate of drug-likeness (QED) is 0.592. The average molecular weight is 437 g/mol. The van der Waals surface area contributed by atoms with Crippen molar-refractivity contribution in [2.45, 2.75) is 26.8 Å². The molecule has 0 spiro atoms. The van der Waals surface area contributed by atoms with Crippen LogP contribution in [0, 0.1) is 5.82 Å². The second-order valence-electron chi connectivity index (χ2n) is 7.93. The highest BCUT2D eigenvalue weighted by Gasteiger charge is 2.18. The third-order valence-corrected chi connectivity index (χ3v) is 5.84. The molecule has 0 bridgehead atoms. The summed E-state index contributed by atoms with van der Waals surface area (Å²) in [6.07, 6.45) is 2.36. The molecule has 0 amide bonds. The predicted molar refractivity (Wildman–Crippen MR) is 126 cm³/mol. The van der Waals surface area contributed by atoms with Gasteiger partial charge in [-0.25, -0.2) is 14.4 Å². The Hall–Kier alpha value is -3.26. The van der Waals surface area contributed by atoms with Gasteiger partial charge in [0.25, 0.3) is 5.56 Å². The lowest BCUT2D eigenvalue weighted by Crippen LogP contribution is -2.46. The van der Waals surface area contributed by atoms with Crippen LogP contribution in [0.5, 0.6) is 0 Å².